The number of hydrogen-bond donors (Lipinski definition) is 0. The summed E-state index contributed by atoms with van der Waals surface area (Å²) in [5, 5.41) is 4.68. The smallest absolute Gasteiger partial charge is 0.167 e. The highest BCUT2D eigenvalue weighted by Gasteiger charge is 2.22. The Hall–Kier alpha value is -8.41. The van der Waals surface area contributed by atoms with Crippen molar-refractivity contribution in [2.75, 3.05) is 0 Å². The molecule has 0 spiro atoms. The lowest BCUT2D eigenvalue weighted by atomic mass is 9.92. The van der Waals surface area contributed by atoms with Gasteiger partial charge in [0.1, 0.15) is 22.3 Å². The molecule has 288 valence electrons. The van der Waals surface area contributed by atoms with Gasteiger partial charge in [-0.05, 0) is 73.2 Å². The molecule has 3 heterocycles. The molecule has 0 saturated heterocycles. The number of para-hydroxylation sites is 3. The van der Waals surface area contributed by atoms with Gasteiger partial charge in [-0.3, -0.25) is 0 Å². The van der Waals surface area contributed by atoms with E-state index >= 15 is 0 Å². The second-order valence-electron chi connectivity index (χ2n) is 14.6. The Morgan fingerprint density at radius 1 is 0.339 bits per heavy atom. The molecule has 0 atom stereocenters. The SMILES string of the molecule is [2H]c1cc2c(oc3c([2H])cc([2H])c(-c4cccc5c(-c6nc(-c7cc8ccccc8c8ccccc78)nc(-c7c([2H])c([2H])c([2H])c8c7oc7c([2H])c([2H])c([2H])c([2H])c78)n6)cccc45)c32)c(-c2c([2H])c([2H])c([2H])c([2H])c2[2H])c1[2H]. The summed E-state index contributed by atoms with van der Waals surface area (Å²) in [4.78, 5) is 15.2. The molecule has 0 radical (unpaired) electrons. The van der Waals surface area contributed by atoms with Gasteiger partial charge in [0.05, 0.1) is 27.5 Å². The van der Waals surface area contributed by atoms with E-state index in [-0.39, 0.29) is 102 Å². The first-order chi connectivity index (χ1) is 37.4. The third kappa shape index (κ3) is 5.25. The minimum atomic E-state index is -0.651. The van der Waals surface area contributed by atoms with Crippen LogP contribution in [0, 0.1) is 0 Å². The predicted octanol–water partition coefficient (Wildman–Crippen LogP) is 15.5. The molecule has 0 aliphatic rings. The van der Waals surface area contributed by atoms with E-state index in [0.717, 1.165) is 21.5 Å². The summed E-state index contributed by atoms with van der Waals surface area (Å²) in [6.45, 7) is 0. The molecule has 0 bridgehead atoms. The van der Waals surface area contributed by atoms with Gasteiger partial charge in [0, 0.05) is 38.2 Å². The summed E-state index contributed by atoms with van der Waals surface area (Å²) in [5.74, 6) is 0.0422. The third-order valence-electron chi connectivity index (χ3n) is 11.2. The van der Waals surface area contributed by atoms with E-state index in [2.05, 4.69) is 0 Å². The van der Waals surface area contributed by atoms with Gasteiger partial charge in [-0.25, -0.2) is 15.0 Å². The lowest BCUT2D eigenvalue weighted by molar-refractivity contribution is 0.669. The number of rotatable bonds is 5. The number of fused-ring (bicyclic) bond motifs is 10. The van der Waals surface area contributed by atoms with E-state index < -0.39 is 78.6 Å². The fourth-order valence-corrected chi connectivity index (χ4v) is 8.54. The first kappa shape index (κ1) is 22.3. The van der Waals surface area contributed by atoms with Crippen molar-refractivity contribution in [2.45, 2.75) is 0 Å². The molecular weight excluding hydrogens is 759 g/mol. The highest BCUT2D eigenvalue weighted by molar-refractivity contribution is 6.19. The first-order valence-corrected chi connectivity index (χ1v) is 19.5. The van der Waals surface area contributed by atoms with Gasteiger partial charge in [-0.2, -0.15) is 0 Å². The first-order valence-electron chi connectivity index (χ1n) is 27.5. The average molecular weight is 808 g/mol. The third-order valence-corrected chi connectivity index (χ3v) is 11.2. The van der Waals surface area contributed by atoms with Crippen LogP contribution >= 0.6 is 0 Å². The zero-order valence-electron chi connectivity index (χ0n) is 48.0. The molecule has 5 heteroatoms. The van der Waals surface area contributed by atoms with E-state index in [0.29, 0.717) is 27.5 Å². The Morgan fingerprint density at radius 2 is 0.968 bits per heavy atom. The largest absolute Gasteiger partial charge is 0.455 e. The molecule has 0 amide bonds. The zero-order valence-corrected chi connectivity index (χ0v) is 32.0. The summed E-state index contributed by atoms with van der Waals surface area (Å²) in [5.41, 5.74) is 0.318. The van der Waals surface area contributed by atoms with Crippen LogP contribution in [0.4, 0.5) is 0 Å². The second kappa shape index (κ2) is 13.6. The summed E-state index contributed by atoms with van der Waals surface area (Å²) in [6.07, 6.45) is 0. The molecule has 0 fully saturated rings. The molecule has 62 heavy (non-hydrogen) atoms. The van der Waals surface area contributed by atoms with Gasteiger partial charge in [0.25, 0.3) is 0 Å². The van der Waals surface area contributed by atoms with E-state index in [4.69, 9.17) is 43.0 Å². The quantitative estimate of drug-likeness (QED) is 0.162. The predicted molar refractivity (Wildman–Crippen MR) is 254 cm³/mol. The fraction of sp³-hybridized carbons (Fsp3) is 0. The second-order valence-corrected chi connectivity index (χ2v) is 14.6. The van der Waals surface area contributed by atoms with Crippen molar-refractivity contribution in [1.29, 1.82) is 0 Å². The minimum Gasteiger partial charge on any atom is -0.455 e. The number of hydrogen-bond acceptors (Lipinski definition) is 5. The molecule has 3 aromatic heterocycles. The number of aromatic nitrogens is 3. The van der Waals surface area contributed by atoms with Crippen LogP contribution in [-0.2, 0) is 0 Å². The molecule has 0 unspecified atom stereocenters. The van der Waals surface area contributed by atoms with Crippen LogP contribution in [0.1, 0.15) is 21.9 Å². The Morgan fingerprint density at radius 3 is 1.84 bits per heavy atom. The Kier molecular flexibility index (Phi) is 4.87. The number of benzene rings is 10. The molecule has 0 saturated carbocycles. The number of nitrogens with zero attached hydrogens (tertiary/aromatic N) is 3. The summed E-state index contributed by atoms with van der Waals surface area (Å²) >= 11 is 0. The highest BCUT2D eigenvalue weighted by Crippen LogP contribution is 2.44. The van der Waals surface area contributed by atoms with E-state index in [1.54, 1.807) is 24.3 Å². The molecule has 0 N–H and O–H groups in total. The van der Waals surface area contributed by atoms with Gasteiger partial charge in [-0.1, -0.05) is 176 Å². The van der Waals surface area contributed by atoms with E-state index in [1.165, 1.54) is 12.1 Å². The van der Waals surface area contributed by atoms with Crippen molar-refractivity contribution in [3.05, 3.63) is 200 Å². The fourth-order valence-electron chi connectivity index (χ4n) is 8.54. The van der Waals surface area contributed by atoms with Crippen molar-refractivity contribution in [2.24, 2.45) is 0 Å². The lowest BCUT2D eigenvalue weighted by Gasteiger charge is -2.14. The lowest BCUT2D eigenvalue weighted by Crippen LogP contribution is -2.01. The van der Waals surface area contributed by atoms with Crippen LogP contribution in [0.5, 0.6) is 0 Å². The normalized spacial score (nSPS) is 15.5. The van der Waals surface area contributed by atoms with E-state index in [1.807, 2.05) is 66.7 Å². The van der Waals surface area contributed by atoms with Crippen molar-refractivity contribution in [3.8, 4) is 56.4 Å². The summed E-state index contributed by atoms with van der Waals surface area (Å²) < 4.78 is 154. The van der Waals surface area contributed by atoms with Crippen LogP contribution in [0.15, 0.2) is 209 Å². The maximum atomic E-state index is 9.47. The zero-order chi connectivity index (χ0) is 54.7. The van der Waals surface area contributed by atoms with Gasteiger partial charge >= 0.3 is 0 Å². The average Bonchev–Trinajstić information content (AvgIpc) is 4.09. The molecule has 13 rings (SSSR count). The van der Waals surface area contributed by atoms with E-state index in [9.17, 15) is 2.74 Å². The Balaban J connectivity index is 1.11. The molecular formula is C57H33N3O2. The van der Waals surface area contributed by atoms with Crippen LogP contribution in [0.25, 0.3) is 133 Å². The van der Waals surface area contributed by atoms with Gasteiger partial charge in [-0.15, -0.1) is 0 Å². The molecule has 0 aliphatic heterocycles. The molecule has 5 nitrogen and oxygen atoms in total. The minimum absolute atomic E-state index is 0.0410. The summed E-state index contributed by atoms with van der Waals surface area (Å²) in [7, 11) is 0. The maximum Gasteiger partial charge on any atom is 0.167 e. The van der Waals surface area contributed by atoms with Gasteiger partial charge in [0.2, 0.25) is 0 Å². The van der Waals surface area contributed by atoms with Crippen LogP contribution in [0.3, 0.4) is 0 Å². The van der Waals surface area contributed by atoms with Crippen LogP contribution in [0.2, 0.25) is 0 Å². The van der Waals surface area contributed by atoms with Crippen LogP contribution in [-0.4, -0.2) is 15.0 Å². The Labute approximate surface area is 377 Å². The van der Waals surface area contributed by atoms with Crippen molar-refractivity contribution in [1.82, 2.24) is 15.0 Å². The van der Waals surface area contributed by atoms with Gasteiger partial charge < -0.3 is 8.83 Å². The van der Waals surface area contributed by atoms with Crippen molar-refractivity contribution in [3.63, 3.8) is 0 Å². The van der Waals surface area contributed by atoms with Crippen molar-refractivity contribution >= 4 is 76.2 Å². The summed E-state index contributed by atoms with van der Waals surface area (Å²) in [6, 6.07) is 22.7. The monoisotopic (exact) mass is 807 g/mol. The van der Waals surface area contributed by atoms with Crippen molar-refractivity contribution < 1.29 is 30.8 Å². The topological polar surface area (TPSA) is 65.0 Å². The van der Waals surface area contributed by atoms with Crippen LogP contribution < -0.4 is 0 Å². The van der Waals surface area contributed by atoms with Gasteiger partial charge in [0.15, 0.2) is 17.5 Å². The maximum absolute atomic E-state index is 9.47. The number of furan rings is 2. The molecule has 0 aliphatic carbocycles. The standard InChI is InChI=1S/C57H33N3O2/c1-2-15-34(16-3-1)37-22-10-29-47-52-44(26-14-32-51(52)62-53(37)47)40-24-11-25-41-39(40)23-12-28-46(41)55-58-56(48-30-13-27-45-43-21-8-9-31-50(43)61-54(45)48)60-57(59-55)49-33-35-17-4-5-18-36(35)38-19-6-7-20-42(38)49/h1-33H/i1D,2D,3D,8D,9D,10D,13D,15D,16D,21D,22D,26D,27D,30D,31D,32D. The highest BCUT2D eigenvalue weighted by atomic mass is 16.3. The molecule has 10 aromatic carbocycles. The Bertz CT molecular complexity index is 4870. The molecule has 13 aromatic rings.